The lowest BCUT2D eigenvalue weighted by Gasteiger charge is -2.02. The molecule has 134 valence electrons. The van der Waals surface area contributed by atoms with Crippen molar-refractivity contribution in [3.63, 3.8) is 0 Å². The van der Waals surface area contributed by atoms with Gasteiger partial charge in [-0.3, -0.25) is 4.79 Å². The zero-order valence-corrected chi connectivity index (χ0v) is 15.2. The SMILES string of the molecule is COc1ccc(-c2csc(C(C#N)C(=O)/C=C/c3ccc(F)cc3)n2)cc1. The summed E-state index contributed by atoms with van der Waals surface area (Å²) >= 11 is 1.27. The third-order valence-corrected chi connectivity index (χ3v) is 4.79. The molecule has 0 aliphatic carbocycles. The van der Waals surface area contributed by atoms with Gasteiger partial charge < -0.3 is 4.74 Å². The second-order valence-electron chi connectivity index (χ2n) is 5.65. The topological polar surface area (TPSA) is 63.0 Å². The van der Waals surface area contributed by atoms with E-state index in [9.17, 15) is 14.4 Å². The summed E-state index contributed by atoms with van der Waals surface area (Å²) in [4.78, 5) is 16.9. The van der Waals surface area contributed by atoms with E-state index in [4.69, 9.17) is 4.74 Å². The summed E-state index contributed by atoms with van der Waals surface area (Å²) in [5.41, 5.74) is 2.26. The monoisotopic (exact) mass is 378 g/mol. The number of carbonyl (C=O) groups is 1. The third-order valence-electron chi connectivity index (χ3n) is 3.88. The van der Waals surface area contributed by atoms with Crippen LogP contribution in [0.25, 0.3) is 17.3 Å². The van der Waals surface area contributed by atoms with Gasteiger partial charge in [-0.25, -0.2) is 9.37 Å². The predicted molar refractivity (Wildman–Crippen MR) is 103 cm³/mol. The molecule has 0 spiro atoms. The number of halogens is 1. The first-order valence-electron chi connectivity index (χ1n) is 8.07. The molecule has 0 saturated carbocycles. The molecule has 6 heteroatoms. The lowest BCUT2D eigenvalue weighted by molar-refractivity contribution is -0.114. The molecule has 27 heavy (non-hydrogen) atoms. The zero-order chi connectivity index (χ0) is 19.2. The first-order chi connectivity index (χ1) is 13.1. The second-order valence-corrected chi connectivity index (χ2v) is 6.54. The molecule has 0 saturated heterocycles. The highest BCUT2D eigenvalue weighted by atomic mass is 32.1. The van der Waals surface area contributed by atoms with Crippen LogP contribution in [0.4, 0.5) is 4.39 Å². The molecule has 0 aliphatic rings. The molecule has 0 bridgehead atoms. The van der Waals surface area contributed by atoms with Crippen molar-refractivity contribution in [3.8, 4) is 23.1 Å². The summed E-state index contributed by atoms with van der Waals surface area (Å²) in [6, 6.07) is 15.2. The summed E-state index contributed by atoms with van der Waals surface area (Å²) in [5.74, 6) is -0.941. The number of aromatic nitrogens is 1. The number of ether oxygens (including phenoxy) is 1. The molecule has 0 N–H and O–H groups in total. The summed E-state index contributed by atoms with van der Waals surface area (Å²) in [7, 11) is 1.60. The van der Waals surface area contributed by atoms with E-state index in [0.717, 1.165) is 11.3 Å². The van der Waals surface area contributed by atoms with E-state index in [1.807, 2.05) is 35.7 Å². The molecule has 1 atom stereocenters. The molecular formula is C21H15FN2O2S. The van der Waals surface area contributed by atoms with Crippen molar-refractivity contribution in [3.05, 3.63) is 76.4 Å². The minimum Gasteiger partial charge on any atom is -0.497 e. The van der Waals surface area contributed by atoms with E-state index < -0.39 is 5.92 Å². The number of hydrogen-bond acceptors (Lipinski definition) is 5. The largest absolute Gasteiger partial charge is 0.497 e. The number of nitriles is 1. The van der Waals surface area contributed by atoms with Gasteiger partial charge in [-0.2, -0.15) is 5.26 Å². The van der Waals surface area contributed by atoms with Gasteiger partial charge in [-0.1, -0.05) is 18.2 Å². The Kier molecular flexibility index (Phi) is 5.74. The lowest BCUT2D eigenvalue weighted by Crippen LogP contribution is -2.07. The Hall–Kier alpha value is -3.30. The minimum absolute atomic E-state index is 0.345. The normalized spacial score (nSPS) is 11.9. The number of rotatable bonds is 6. The van der Waals surface area contributed by atoms with Crippen molar-refractivity contribution in [2.45, 2.75) is 5.92 Å². The van der Waals surface area contributed by atoms with Gasteiger partial charge >= 0.3 is 0 Å². The van der Waals surface area contributed by atoms with Crippen LogP contribution >= 0.6 is 11.3 Å². The van der Waals surface area contributed by atoms with Crippen LogP contribution in [0.3, 0.4) is 0 Å². The molecule has 1 heterocycles. The van der Waals surface area contributed by atoms with E-state index >= 15 is 0 Å². The molecule has 4 nitrogen and oxygen atoms in total. The van der Waals surface area contributed by atoms with Crippen LogP contribution in [-0.2, 0) is 4.79 Å². The van der Waals surface area contributed by atoms with Crippen LogP contribution in [0.15, 0.2) is 60.0 Å². The summed E-state index contributed by atoms with van der Waals surface area (Å²) in [6.45, 7) is 0. The number of thiazole rings is 1. The first-order valence-corrected chi connectivity index (χ1v) is 8.95. The van der Waals surface area contributed by atoms with E-state index in [1.54, 1.807) is 25.3 Å². The maximum atomic E-state index is 12.9. The predicted octanol–water partition coefficient (Wildman–Crippen LogP) is 4.85. The van der Waals surface area contributed by atoms with Crippen LogP contribution in [0.1, 0.15) is 16.5 Å². The van der Waals surface area contributed by atoms with Crippen molar-refractivity contribution in [2.24, 2.45) is 0 Å². The highest BCUT2D eigenvalue weighted by molar-refractivity contribution is 7.10. The average Bonchev–Trinajstić information content (AvgIpc) is 3.18. The molecular weight excluding hydrogens is 363 g/mol. The van der Waals surface area contributed by atoms with Crippen LogP contribution in [-0.4, -0.2) is 17.9 Å². The number of carbonyl (C=O) groups excluding carboxylic acids is 1. The minimum atomic E-state index is -0.973. The van der Waals surface area contributed by atoms with Gasteiger partial charge in [0.25, 0.3) is 0 Å². The molecule has 0 aliphatic heterocycles. The van der Waals surface area contributed by atoms with Gasteiger partial charge in [-0.05, 0) is 48.0 Å². The van der Waals surface area contributed by atoms with Crippen molar-refractivity contribution in [1.82, 2.24) is 4.98 Å². The van der Waals surface area contributed by atoms with Gasteiger partial charge in [-0.15, -0.1) is 11.3 Å². The average molecular weight is 378 g/mol. The standard InChI is InChI=1S/C21H15FN2O2S/c1-26-17-9-5-15(6-10-17)19-13-27-21(24-19)18(12-23)20(25)11-4-14-2-7-16(22)8-3-14/h2-11,13,18H,1H3/b11-4+. The smallest absolute Gasteiger partial charge is 0.179 e. The highest BCUT2D eigenvalue weighted by Gasteiger charge is 2.22. The van der Waals surface area contributed by atoms with Crippen molar-refractivity contribution >= 4 is 23.2 Å². The number of nitrogens with zero attached hydrogens (tertiary/aromatic N) is 2. The fraction of sp³-hybridized carbons (Fsp3) is 0.0952. The number of methoxy groups -OCH3 is 1. The molecule has 1 unspecified atom stereocenters. The number of benzene rings is 2. The Bertz CT molecular complexity index is 1000. The molecule has 1 aromatic heterocycles. The molecule has 0 radical (unpaired) electrons. The Morgan fingerprint density at radius 1 is 1.22 bits per heavy atom. The Labute approximate surface area is 160 Å². The molecule has 3 aromatic rings. The van der Waals surface area contributed by atoms with Crippen LogP contribution < -0.4 is 4.74 Å². The van der Waals surface area contributed by atoms with Gasteiger partial charge in [0.2, 0.25) is 0 Å². The van der Waals surface area contributed by atoms with E-state index in [0.29, 0.717) is 16.3 Å². The van der Waals surface area contributed by atoms with Gasteiger partial charge in [0.15, 0.2) is 11.7 Å². The summed E-state index contributed by atoms with van der Waals surface area (Å²) < 4.78 is 18.1. The summed E-state index contributed by atoms with van der Waals surface area (Å²) in [5, 5.41) is 11.7. The quantitative estimate of drug-likeness (QED) is 0.575. The molecule has 0 amide bonds. The second kappa shape index (κ2) is 8.39. The van der Waals surface area contributed by atoms with Crippen LogP contribution in [0.2, 0.25) is 0 Å². The fourth-order valence-corrected chi connectivity index (χ4v) is 3.28. The Balaban J connectivity index is 1.77. The fourth-order valence-electron chi connectivity index (χ4n) is 2.40. The van der Waals surface area contributed by atoms with E-state index in [2.05, 4.69) is 4.98 Å². The number of allylic oxidation sites excluding steroid dienone is 1. The van der Waals surface area contributed by atoms with Crippen molar-refractivity contribution in [1.29, 1.82) is 5.26 Å². The van der Waals surface area contributed by atoms with Gasteiger partial charge in [0.1, 0.15) is 16.6 Å². The first kappa shape index (κ1) is 18.5. The maximum Gasteiger partial charge on any atom is 0.179 e. The molecule has 3 rings (SSSR count). The number of hydrogen-bond donors (Lipinski definition) is 0. The molecule has 2 aromatic carbocycles. The Morgan fingerprint density at radius 3 is 2.56 bits per heavy atom. The maximum absolute atomic E-state index is 12.9. The van der Waals surface area contributed by atoms with Gasteiger partial charge in [0.05, 0.1) is 18.9 Å². The Morgan fingerprint density at radius 2 is 1.93 bits per heavy atom. The van der Waals surface area contributed by atoms with E-state index in [1.165, 1.54) is 29.5 Å². The third kappa shape index (κ3) is 4.46. The van der Waals surface area contributed by atoms with Crippen molar-refractivity contribution < 1.29 is 13.9 Å². The highest BCUT2D eigenvalue weighted by Crippen LogP contribution is 2.28. The van der Waals surface area contributed by atoms with Crippen LogP contribution in [0.5, 0.6) is 5.75 Å². The lowest BCUT2D eigenvalue weighted by atomic mass is 10.1. The van der Waals surface area contributed by atoms with Crippen molar-refractivity contribution in [2.75, 3.05) is 7.11 Å². The van der Waals surface area contributed by atoms with Gasteiger partial charge in [0, 0.05) is 10.9 Å². The van der Waals surface area contributed by atoms with E-state index in [-0.39, 0.29) is 11.6 Å². The summed E-state index contributed by atoms with van der Waals surface area (Å²) in [6.07, 6.45) is 2.89. The molecule has 0 fully saturated rings. The zero-order valence-electron chi connectivity index (χ0n) is 14.4. The van der Waals surface area contributed by atoms with Crippen LogP contribution in [0, 0.1) is 17.1 Å². The number of ketones is 1.